The number of amides is 1. The van der Waals surface area contributed by atoms with Crippen molar-refractivity contribution in [3.05, 3.63) is 39.9 Å². The second-order valence-electron chi connectivity index (χ2n) is 4.66. The van der Waals surface area contributed by atoms with Crippen LogP contribution in [0.25, 0.3) is 0 Å². The van der Waals surface area contributed by atoms with E-state index in [0.717, 1.165) is 0 Å². The Kier molecular flexibility index (Phi) is 2.89. The van der Waals surface area contributed by atoms with Gasteiger partial charge in [-0.25, -0.2) is 5.43 Å². The number of nitrogens with zero attached hydrogens (tertiary/aromatic N) is 2. The first-order valence-corrected chi connectivity index (χ1v) is 5.52. The van der Waals surface area contributed by atoms with Crippen LogP contribution in [0.4, 0.5) is 5.69 Å². The summed E-state index contributed by atoms with van der Waals surface area (Å²) in [6.07, 6.45) is 0. The van der Waals surface area contributed by atoms with E-state index in [-0.39, 0.29) is 22.9 Å². The van der Waals surface area contributed by atoms with E-state index in [4.69, 9.17) is 0 Å². The van der Waals surface area contributed by atoms with Gasteiger partial charge in [-0.15, -0.1) is 0 Å². The van der Waals surface area contributed by atoms with Crippen molar-refractivity contribution in [3.63, 3.8) is 0 Å². The maximum absolute atomic E-state index is 12.2. The zero-order valence-corrected chi connectivity index (χ0v) is 10.3. The molecule has 7 nitrogen and oxygen atoms in total. The van der Waals surface area contributed by atoms with Crippen molar-refractivity contribution in [2.45, 2.75) is 13.8 Å². The van der Waals surface area contributed by atoms with Crippen LogP contribution < -0.4 is 5.43 Å². The van der Waals surface area contributed by atoms with Gasteiger partial charge in [-0.1, -0.05) is 0 Å². The first kappa shape index (κ1) is 12.9. The van der Waals surface area contributed by atoms with Crippen LogP contribution in [0, 0.1) is 15.5 Å². The standard InChI is InChI=1S/C12H11N3O4/c1-12(2)10(13-14-11(12)17)9(16)7-3-5-8(6-4-7)15(18)19/h3-6H,1-2H3,(H,14,17). The summed E-state index contributed by atoms with van der Waals surface area (Å²) in [6, 6.07) is 5.18. The Labute approximate surface area is 108 Å². The maximum Gasteiger partial charge on any atom is 0.269 e. The molecule has 1 amide bonds. The number of hydrogen-bond acceptors (Lipinski definition) is 5. The lowest BCUT2D eigenvalue weighted by Crippen LogP contribution is -2.35. The molecule has 1 aromatic rings. The molecule has 0 fully saturated rings. The zero-order valence-electron chi connectivity index (χ0n) is 10.3. The van der Waals surface area contributed by atoms with Gasteiger partial charge in [0.1, 0.15) is 5.71 Å². The molecule has 0 bridgehead atoms. The molecule has 0 spiro atoms. The molecule has 1 heterocycles. The molecular weight excluding hydrogens is 250 g/mol. The summed E-state index contributed by atoms with van der Waals surface area (Å²) in [6.45, 7) is 3.19. The number of benzene rings is 1. The summed E-state index contributed by atoms with van der Waals surface area (Å²) < 4.78 is 0. The topological polar surface area (TPSA) is 102 Å². The zero-order chi connectivity index (χ0) is 14.2. The van der Waals surface area contributed by atoms with Crippen molar-refractivity contribution in [3.8, 4) is 0 Å². The Bertz CT molecular complexity index is 602. The first-order chi connectivity index (χ1) is 8.84. The average Bonchev–Trinajstić information content (AvgIpc) is 2.63. The van der Waals surface area contributed by atoms with Gasteiger partial charge >= 0.3 is 0 Å². The fraction of sp³-hybridized carbons (Fsp3) is 0.250. The van der Waals surface area contributed by atoms with Crippen LogP contribution in [0.2, 0.25) is 0 Å². The van der Waals surface area contributed by atoms with Gasteiger partial charge in [0.15, 0.2) is 0 Å². The van der Waals surface area contributed by atoms with Gasteiger partial charge in [0.25, 0.3) is 11.6 Å². The molecule has 19 heavy (non-hydrogen) atoms. The summed E-state index contributed by atoms with van der Waals surface area (Å²) in [4.78, 5) is 33.7. The number of nitro benzene ring substituents is 1. The van der Waals surface area contributed by atoms with Crippen LogP contribution in [0.3, 0.4) is 0 Å². The number of hydrogen-bond donors (Lipinski definition) is 1. The largest absolute Gasteiger partial charge is 0.287 e. The second kappa shape index (κ2) is 4.27. The monoisotopic (exact) mass is 261 g/mol. The molecule has 2 rings (SSSR count). The van der Waals surface area contributed by atoms with E-state index in [0.29, 0.717) is 0 Å². The van der Waals surface area contributed by atoms with Crippen molar-refractivity contribution in [1.29, 1.82) is 0 Å². The molecular formula is C12H11N3O4. The van der Waals surface area contributed by atoms with Gasteiger partial charge in [0.2, 0.25) is 5.78 Å². The molecule has 0 saturated heterocycles. The lowest BCUT2D eigenvalue weighted by atomic mass is 9.83. The smallest absolute Gasteiger partial charge is 0.269 e. The summed E-state index contributed by atoms with van der Waals surface area (Å²) >= 11 is 0. The molecule has 7 heteroatoms. The third-order valence-electron chi connectivity index (χ3n) is 2.98. The summed E-state index contributed by atoms with van der Waals surface area (Å²) in [7, 11) is 0. The van der Waals surface area contributed by atoms with Crippen LogP contribution in [-0.2, 0) is 4.79 Å². The highest BCUT2D eigenvalue weighted by molar-refractivity contribution is 6.51. The summed E-state index contributed by atoms with van der Waals surface area (Å²) in [5, 5.41) is 14.3. The van der Waals surface area contributed by atoms with Crippen molar-refractivity contribution in [2.24, 2.45) is 10.5 Å². The van der Waals surface area contributed by atoms with Gasteiger partial charge in [-0.2, -0.15) is 5.10 Å². The predicted octanol–water partition coefficient (Wildman–Crippen LogP) is 1.29. The third kappa shape index (κ3) is 2.10. The first-order valence-electron chi connectivity index (χ1n) is 5.52. The molecule has 1 aromatic carbocycles. The molecule has 0 saturated carbocycles. The van der Waals surface area contributed by atoms with E-state index < -0.39 is 16.1 Å². The van der Waals surface area contributed by atoms with E-state index in [2.05, 4.69) is 10.5 Å². The lowest BCUT2D eigenvalue weighted by Gasteiger charge is -2.15. The van der Waals surface area contributed by atoms with E-state index in [1.807, 2.05) is 0 Å². The van der Waals surface area contributed by atoms with Gasteiger partial charge in [0.05, 0.1) is 10.3 Å². The number of ketones is 1. The molecule has 1 aliphatic rings. The van der Waals surface area contributed by atoms with Gasteiger partial charge in [-0.3, -0.25) is 19.7 Å². The molecule has 98 valence electrons. The summed E-state index contributed by atoms with van der Waals surface area (Å²) in [5.74, 6) is -0.768. The van der Waals surface area contributed by atoms with Gasteiger partial charge in [0, 0.05) is 17.7 Å². The molecule has 0 aromatic heterocycles. The minimum atomic E-state index is -1.00. The molecule has 0 radical (unpaired) electrons. The van der Waals surface area contributed by atoms with E-state index in [1.54, 1.807) is 13.8 Å². The van der Waals surface area contributed by atoms with Crippen molar-refractivity contribution in [2.75, 3.05) is 0 Å². The highest BCUT2D eigenvalue weighted by Gasteiger charge is 2.42. The second-order valence-corrected chi connectivity index (χ2v) is 4.66. The van der Waals surface area contributed by atoms with Gasteiger partial charge in [-0.05, 0) is 26.0 Å². The fourth-order valence-corrected chi connectivity index (χ4v) is 1.70. The van der Waals surface area contributed by atoms with Gasteiger partial charge < -0.3 is 0 Å². The number of hydrazone groups is 1. The fourth-order valence-electron chi connectivity index (χ4n) is 1.70. The number of carbonyl (C=O) groups is 2. The van der Waals surface area contributed by atoms with Crippen molar-refractivity contribution >= 4 is 23.1 Å². The Morgan fingerprint density at radius 3 is 2.32 bits per heavy atom. The summed E-state index contributed by atoms with van der Waals surface area (Å²) in [5.41, 5.74) is 1.52. The lowest BCUT2D eigenvalue weighted by molar-refractivity contribution is -0.384. The molecule has 0 aliphatic carbocycles. The number of carbonyl (C=O) groups excluding carboxylic acids is 2. The van der Waals surface area contributed by atoms with E-state index in [9.17, 15) is 19.7 Å². The highest BCUT2D eigenvalue weighted by atomic mass is 16.6. The molecule has 0 unspecified atom stereocenters. The number of Topliss-reactive ketones (excluding diaryl/α,β-unsaturated/α-hetero) is 1. The predicted molar refractivity (Wildman–Crippen MR) is 66.8 cm³/mol. The van der Waals surface area contributed by atoms with Crippen LogP contribution in [0.15, 0.2) is 29.4 Å². The normalized spacial score (nSPS) is 16.7. The number of non-ortho nitro benzene ring substituents is 1. The SMILES string of the molecule is CC1(C)C(=O)NN=C1C(=O)c1ccc([N+](=O)[O-])cc1. The maximum atomic E-state index is 12.2. The third-order valence-corrected chi connectivity index (χ3v) is 2.98. The Morgan fingerprint density at radius 2 is 1.89 bits per heavy atom. The Morgan fingerprint density at radius 1 is 1.32 bits per heavy atom. The Balaban J connectivity index is 2.31. The number of nitro groups is 1. The van der Waals surface area contributed by atoms with E-state index in [1.165, 1.54) is 24.3 Å². The Hall–Kier alpha value is -2.57. The molecule has 1 aliphatic heterocycles. The quantitative estimate of drug-likeness (QED) is 0.503. The van der Waals surface area contributed by atoms with Crippen LogP contribution >= 0.6 is 0 Å². The molecule has 1 N–H and O–H groups in total. The number of rotatable bonds is 3. The van der Waals surface area contributed by atoms with Crippen LogP contribution in [-0.4, -0.2) is 22.3 Å². The van der Waals surface area contributed by atoms with Crippen LogP contribution in [0.5, 0.6) is 0 Å². The minimum Gasteiger partial charge on any atom is -0.287 e. The van der Waals surface area contributed by atoms with Crippen LogP contribution in [0.1, 0.15) is 24.2 Å². The number of nitrogens with one attached hydrogen (secondary N) is 1. The minimum absolute atomic E-state index is 0.0987. The van der Waals surface area contributed by atoms with Crippen molar-refractivity contribution in [1.82, 2.24) is 5.43 Å². The average molecular weight is 261 g/mol. The van der Waals surface area contributed by atoms with Crippen molar-refractivity contribution < 1.29 is 14.5 Å². The molecule has 0 atom stereocenters. The van der Waals surface area contributed by atoms with E-state index >= 15 is 0 Å². The highest BCUT2D eigenvalue weighted by Crippen LogP contribution is 2.25.